The average molecular weight is 375 g/mol. The molecule has 6 heteroatoms. The zero-order valence-corrected chi connectivity index (χ0v) is 15.5. The van der Waals surface area contributed by atoms with Crippen LogP contribution in [0.1, 0.15) is 16.2 Å². The summed E-state index contributed by atoms with van der Waals surface area (Å²) < 4.78 is 5.21. The molecule has 1 N–H and O–H groups in total. The Morgan fingerprint density at radius 2 is 1.93 bits per heavy atom. The van der Waals surface area contributed by atoms with Crippen LogP contribution < -0.4 is 10.1 Å². The molecule has 0 fully saturated rings. The number of nitrogens with zero attached hydrogens (tertiary/aromatic N) is 2. The number of benzene rings is 2. The molecule has 5 nitrogen and oxygen atoms in total. The second-order valence-electron chi connectivity index (χ2n) is 5.95. The molecule has 0 bridgehead atoms. The number of pyridine rings is 1. The third-order valence-electron chi connectivity index (χ3n) is 4.13. The number of rotatable bonds is 5. The predicted molar refractivity (Wildman–Crippen MR) is 107 cm³/mol. The van der Waals surface area contributed by atoms with Crippen LogP contribution in [0.15, 0.2) is 66.0 Å². The summed E-state index contributed by atoms with van der Waals surface area (Å²) in [5, 5.41) is 6.72. The molecule has 0 saturated heterocycles. The highest BCUT2D eigenvalue weighted by atomic mass is 32.1. The van der Waals surface area contributed by atoms with Gasteiger partial charge in [-0.2, -0.15) is 0 Å². The van der Waals surface area contributed by atoms with Crippen molar-refractivity contribution in [3.63, 3.8) is 0 Å². The topological polar surface area (TPSA) is 64.1 Å². The molecule has 0 radical (unpaired) electrons. The van der Waals surface area contributed by atoms with Crippen molar-refractivity contribution in [2.75, 3.05) is 7.11 Å². The van der Waals surface area contributed by atoms with Crippen LogP contribution in [0.4, 0.5) is 0 Å². The van der Waals surface area contributed by atoms with Gasteiger partial charge >= 0.3 is 0 Å². The number of amides is 1. The van der Waals surface area contributed by atoms with Crippen molar-refractivity contribution < 1.29 is 9.53 Å². The second-order valence-corrected chi connectivity index (χ2v) is 6.81. The third-order valence-corrected chi connectivity index (χ3v) is 5.07. The monoisotopic (exact) mass is 375 g/mol. The average Bonchev–Trinajstić information content (AvgIpc) is 3.21. The molecule has 0 aliphatic rings. The summed E-state index contributed by atoms with van der Waals surface area (Å²) in [6, 6.07) is 19.1. The highest BCUT2D eigenvalue weighted by molar-refractivity contribution is 7.13. The minimum atomic E-state index is -0.220. The lowest BCUT2D eigenvalue weighted by molar-refractivity contribution is 0.0946. The van der Waals surface area contributed by atoms with Crippen LogP contribution in [0.3, 0.4) is 0 Å². The van der Waals surface area contributed by atoms with Gasteiger partial charge < -0.3 is 10.1 Å². The molecule has 0 aliphatic heterocycles. The van der Waals surface area contributed by atoms with E-state index in [4.69, 9.17) is 4.74 Å². The number of hydrogen-bond donors (Lipinski definition) is 1. The van der Waals surface area contributed by atoms with E-state index in [2.05, 4.69) is 15.3 Å². The van der Waals surface area contributed by atoms with Crippen molar-refractivity contribution in [2.45, 2.75) is 6.54 Å². The smallest absolute Gasteiger partial charge is 0.270 e. The van der Waals surface area contributed by atoms with Gasteiger partial charge in [-0.05, 0) is 24.3 Å². The molecular weight excluding hydrogens is 358 g/mol. The summed E-state index contributed by atoms with van der Waals surface area (Å²) in [6.45, 7) is 0.366. The van der Waals surface area contributed by atoms with Gasteiger partial charge in [0.2, 0.25) is 0 Å². The van der Waals surface area contributed by atoms with Crippen LogP contribution in [0.25, 0.3) is 21.5 Å². The van der Waals surface area contributed by atoms with Crippen LogP contribution >= 0.6 is 11.3 Å². The van der Waals surface area contributed by atoms with Gasteiger partial charge in [0.1, 0.15) is 16.5 Å². The largest absolute Gasteiger partial charge is 0.497 e. The first-order valence-corrected chi connectivity index (χ1v) is 9.34. The Hall–Kier alpha value is -3.25. The maximum absolute atomic E-state index is 12.4. The molecule has 27 heavy (non-hydrogen) atoms. The van der Waals surface area contributed by atoms with Crippen LogP contribution in [0.2, 0.25) is 0 Å². The number of hydrogen-bond acceptors (Lipinski definition) is 5. The highest BCUT2D eigenvalue weighted by Crippen LogP contribution is 2.23. The maximum Gasteiger partial charge on any atom is 0.270 e. The van der Waals surface area contributed by atoms with Gasteiger partial charge in [-0.3, -0.25) is 4.79 Å². The summed E-state index contributed by atoms with van der Waals surface area (Å²) in [4.78, 5) is 21.5. The van der Waals surface area contributed by atoms with Gasteiger partial charge in [0, 0.05) is 16.3 Å². The number of methoxy groups -OCH3 is 1. The van der Waals surface area contributed by atoms with Crippen molar-refractivity contribution >= 4 is 28.1 Å². The number of carbonyl (C=O) groups excluding carboxylic acids is 1. The molecule has 0 aliphatic carbocycles. The molecule has 2 aromatic carbocycles. The quantitative estimate of drug-likeness (QED) is 0.565. The standard InChI is InChI=1S/C21H17N3O2S/c1-26-17-8-10-18-15(11-17)7-9-19(24-18)20(25)22-12-16-13-27-21(23-16)14-5-3-2-4-6-14/h2-11,13H,12H2,1H3,(H,22,25). The fourth-order valence-corrected chi connectivity index (χ4v) is 3.55. The lowest BCUT2D eigenvalue weighted by Crippen LogP contribution is -2.23. The van der Waals surface area contributed by atoms with Gasteiger partial charge in [0.25, 0.3) is 5.91 Å². The SMILES string of the molecule is COc1ccc2nc(C(=O)NCc3csc(-c4ccccc4)n3)ccc2c1. The lowest BCUT2D eigenvalue weighted by Gasteiger charge is -2.05. The van der Waals surface area contributed by atoms with E-state index in [-0.39, 0.29) is 5.91 Å². The highest BCUT2D eigenvalue weighted by Gasteiger charge is 2.10. The van der Waals surface area contributed by atoms with E-state index in [1.807, 2.05) is 60.0 Å². The first-order chi connectivity index (χ1) is 13.2. The third kappa shape index (κ3) is 3.80. The molecule has 134 valence electrons. The van der Waals surface area contributed by atoms with Crippen LogP contribution in [0.5, 0.6) is 5.75 Å². The Morgan fingerprint density at radius 3 is 2.74 bits per heavy atom. The molecule has 1 amide bonds. The Bertz CT molecular complexity index is 1090. The van der Waals surface area contributed by atoms with Gasteiger partial charge in [-0.15, -0.1) is 11.3 Å². The normalized spacial score (nSPS) is 10.7. The summed E-state index contributed by atoms with van der Waals surface area (Å²) >= 11 is 1.57. The Kier molecular flexibility index (Phi) is 4.80. The van der Waals surface area contributed by atoms with E-state index < -0.39 is 0 Å². The Labute approximate surface area is 160 Å². The van der Waals surface area contributed by atoms with Crippen LogP contribution in [-0.4, -0.2) is 23.0 Å². The van der Waals surface area contributed by atoms with Gasteiger partial charge in [0.15, 0.2) is 0 Å². The van der Waals surface area contributed by atoms with Gasteiger partial charge in [-0.25, -0.2) is 9.97 Å². The molecule has 2 aromatic heterocycles. The zero-order chi connectivity index (χ0) is 18.6. The lowest BCUT2D eigenvalue weighted by atomic mass is 10.2. The number of fused-ring (bicyclic) bond motifs is 1. The van der Waals surface area contributed by atoms with Crippen molar-refractivity contribution in [3.8, 4) is 16.3 Å². The Balaban J connectivity index is 1.45. The molecule has 0 saturated carbocycles. The molecule has 2 heterocycles. The van der Waals surface area contributed by atoms with E-state index in [1.54, 1.807) is 24.5 Å². The molecule has 4 rings (SSSR count). The predicted octanol–water partition coefficient (Wildman–Crippen LogP) is 4.30. The molecular formula is C21H17N3O2S. The van der Waals surface area contributed by atoms with Crippen molar-refractivity contribution in [2.24, 2.45) is 0 Å². The summed E-state index contributed by atoms with van der Waals surface area (Å²) in [5.74, 6) is 0.543. The second kappa shape index (κ2) is 7.55. The van der Waals surface area contributed by atoms with E-state index in [0.717, 1.165) is 32.9 Å². The van der Waals surface area contributed by atoms with E-state index in [0.29, 0.717) is 12.2 Å². The summed E-state index contributed by atoms with van der Waals surface area (Å²) in [7, 11) is 1.62. The van der Waals surface area contributed by atoms with Crippen molar-refractivity contribution in [1.82, 2.24) is 15.3 Å². The maximum atomic E-state index is 12.4. The first-order valence-electron chi connectivity index (χ1n) is 8.46. The number of aromatic nitrogens is 2. The van der Waals surface area contributed by atoms with E-state index >= 15 is 0 Å². The number of nitrogens with one attached hydrogen (secondary N) is 1. The fourth-order valence-electron chi connectivity index (χ4n) is 2.72. The summed E-state index contributed by atoms with van der Waals surface area (Å²) in [5.41, 5.74) is 3.04. The molecule has 0 spiro atoms. The van der Waals surface area contributed by atoms with Gasteiger partial charge in [0.05, 0.1) is 24.9 Å². The molecule has 0 atom stereocenters. The molecule has 4 aromatic rings. The number of ether oxygens (including phenoxy) is 1. The Morgan fingerprint density at radius 1 is 1.07 bits per heavy atom. The van der Waals surface area contributed by atoms with Crippen LogP contribution in [-0.2, 0) is 6.54 Å². The van der Waals surface area contributed by atoms with E-state index in [9.17, 15) is 4.79 Å². The first kappa shape index (κ1) is 17.2. The minimum absolute atomic E-state index is 0.220. The van der Waals surface area contributed by atoms with Crippen molar-refractivity contribution in [1.29, 1.82) is 0 Å². The van der Waals surface area contributed by atoms with Crippen molar-refractivity contribution in [3.05, 3.63) is 77.4 Å². The number of carbonyl (C=O) groups is 1. The summed E-state index contributed by atoms with van der Waals surface area (Å²) in [6.07, 6.45) is 0. The number of thiazole rings is 1. The zero-order valence-electron chi connectivity index (χ0n) is 14.7. The van der Waals surface area contributed by atoms with Crippen LogP contribution in [0, 0.1) is 0 Å². The minimum Gasteiger partial charge on any atom is -0.497 e. The molecule has 0 unspecified atom stereocenters. The van der Waals surface area contributed by atoms with E-state index in [1.165, 1.54) is 0 Å². The van der Waals surface area contributed by atoms with Gasteiger partial charge in [-0.1, -0.05) is 36.4 Å². The fraction of sp³-hybridized carbons (Fsp3) is 0.0952.